The van der Waals surface area contributed by atoms with Crippen LogP contribution in [0.4, 0.5) is 0 Å². The fraction of sp³-hybridized carbons (Fsp3) is 0.636. The predicted octanol–water partition coefficient (Wildman–Crippen LogP) is 0.676. The van der Waals surface area contributed by atoms with Crippen LogP contribution in [0.3, 0.4) is 0 Å². The zero-order valence-corrected chi connectivity index (χ0v) is 12.3. The number of hydrogen-bond acceptors (Lipinski definition) is 4. The normalized spacial score (nSPS) is 12.6. The third-order valence-corrected chi connectivity index (χ3v) is 4.72. The molecule has 0 amide bonds. The molecular formula is C11H21N5O2S. The molecule has 0 aliphatic rings. The van der Waals surface area contributed by atoms with Gasteiger partial charge in [-0.05, 0) is 19.8 Å². The van der Waals surface area contributed by atoms with E-state index in [-0.39, 0.29) is 10.9 Å². The molecule has 1 rings (SSSR count). The van der Waals surface area contributed by atoms with Gasteiger partial charge in [0.15, 0.2) is 5.03 Å². The van der Waals surface area contributed by atoms with Crippen molar-refractivity contribution in [2.45, 2.75) is 50.7 Å². The summed E-state index contributed by atoms with van der Waals surface area (Å²) in [6.07, 6.45) is 3.74. The molecule has 1 heterocycles. The van der Waals surface area contributed by atoms with Gasteiger partial charge in [-0.3, -0.25) is 5.41 Å². The van der Waals surface area contributed by atoms with E-state index >= 15 is 0 Å². The lowest BCUT2D eigenvalue weighted by Gasteiger charge is -2.30. The highest BCUT2D eigenvalue weighted by Crippen LogP contribution is 2.18. The molecule has 8 heteroatoms. The minimum Gasteiger partial charge on any atom is -0.386 e. The average Bonchev–Trinajstić information content (AvgIpc) is 2.85. The fourth-order valence-corrected chi connectivity index (χ4v) is 3.27. The summed E-state index contributed by atoms with van der Waals surface area (Å²) in [5, 5.41) is 7.55. The highest BCUT2D eigenvalue weighted by Gasteiger charge is 2.35. The molecule has 0 atom stereocenters. The highest BCUT2D eigenvalue weighted by molar-refractivity contribution is 7.89. The van der Waals surface area contributed by atoms with E-state index < -0.39 is 15.6 Å². The van der Waals surface area contributed by atoms with Gasteiger partial charge in [0.2, 0.25) is 0 Å². The molecule has 0 aliphatic heterocycles. The van der Waals surface area contributed by atoms with Gasteiger partial charge in [-0.1, -0.05) is 13.8 Å². The number of aromatic nitrogens is 2. The Hall–Kier alpha value is -1.41. The molecule has 108 valence electrons. The lowest BCUT2D eigenvalue weighted by atomic mass is 9.93. The van der Waals surface area contributed by atoms with Crippen LogP contribution < -0.4 is 10.5 Å². The van der Waals surface area contributed by atoms with Gasteiger partial charge >= 0.3 is 0 Å². The van der Waals surface area contributed by atoms with Crippen LogP contribution in [0.25, 0.3) is 0 Å². The summed E-state index contributed by atoms with van der Waals surface area (Å²) in [5.74, 6) is -0.184. The van der Waals surface area contributed by atoms with Crippen molar-refractivity contribution in [3.05, 3.63) is 12.5 Å². The second-order valence-electron chi connectivity index (χ2n) is 4.35. The summed E-state index contributed by atoms with van der Waals surface area (Å²) in [5.41, 5.74) is 4.49. The highest BCUT2D eigenvalue weighted by atomic mass is 32.2. The molecule has 0 unspecified atom stereocenters. The molecule has 1 aromatic rings. The smallest absolute Gasteiger partial charge is 0.260 e. The second-order valence-corrected chi connectivity index (χ2v) is 5.98. The van der Waals surface area contributed by atoms with Crippen molar-refractivity contribution in [2.24, 2.45) is 5.73 Å². The maximum Gasteiger partial charge on any atom is 0.260 e. The molecule has 0 radical (unpaired) electrons. The number of nitrogens with zero attached hydrogens (tertiary/aromatic N) is 2. The Morgan fingerprint density at radius 1 is 1.47 bits per heavy atom. The first-order chi connectivity index (χ1) is 8.81. The molecule has 0 bridgehead atoms. The Balaban J connectivity index is 3.10. The average molecular weight is 287 g/mol. The van der Waals surface area contributed by atoms with Crippen LogP contribution in [0.15, 0.2) is 17.6 Å². The van der Waals surface area contributed by atoms with E-state index in [0.29, 0.717) is 19.4 Å². The van der Waals surface area contributed by atoms with E-state index in [2.05, 4.69) is 9.71 Å². The first kappa shape index (κ1) is 15.6. The zero-order valence-electron chi connectivity index (χ0n) is 11.5. The maximum atomic E-state index is 12.3. The van der Waals surface area contributed by atoms with Crippen LogP contribution in [-0.4, -0.2) is 29.3 Å². The van der Waals surface area contributed by atoms with Crippen LogP contribution in [-0.2, 0) is 16.6 Å². The summed E-state index contributed by atoms with van der Waals surface area (Å²) in [7, 11) is -3.78. The van der Waals surface area contributed by atoms with Crippen molar-refractivity contribution in [2.75, 3.05) is 0 Å². The van der Waals surface area contributed by atoms with Gasteiger partial charge in [0.25, 0.3) is 10.0 Å². The number of amidine groups is 1. The van der Waals surface area contributed by atoms with Crippen molar-refractivity contribution < 1.29 is 8.42 Å². The van der Waals surface area contributed by atoms with Crippen molar-refractivity contribution in [1.29, 1.82) is 5.41 Å². The second kappa shape index (κ2) is 5.70. The molecule has 4 N–H and O–H groups in total. The molecule has 0 saturated heterocycles. The third kappa shape index (κ3) is 3.13. The van der Waals surface area contributed by atoms with E-state index in [1.165, 1.54) is 12.5 Å². The van der Waals surface area contributed by atoms with Crippen LogP contribution in [0.1, 0.15) is 33.6 Å². The first-order valence-electron chi connectivity index (χ1n) is 6.21. The topological polar surface area (TPSA) is 114 Å². The van der Waals surface area contributed by atoms with Gasteiger partial charge in [-0.25, -0.2) is 13.4 Å². The fourth-order valence-electron chi connectivity index (χ4n) is 1.79. The first-order valence-corrected chi connectivity index (χ1v) is 7.69. The Labute approximate surface area is 113 Å². The van der Waals surface area contributed by atoms with E-state index in [9.17, 15) is 8.42 Å². The van der Waals surface area contributed by atoms with Crippen molar-refractivity contribution >= 4 is 15.9 Å². The van der Waals surface area contributed by atoms with Gasteiger partial charge in [-0.15, -0.1) is 0 Å². The van der Waals surface area contributed by atoms with E-state index in [0.717, 1.165) is 0 Å². The number of sulfonamides is 1. The monoisotopic (exact) mass is 287 g/mol. The summed E-state index contributed by atoms with van der Waals surface area (Å²) in [6, 6.07) is 0. The van der Waals surface area contributed by atoms with E-state index in [1.54, 1.807) is 18.4 Å². The lowest BCUT2D eigenvalue weighted by molar-refractivity contribution is 0.457. The third-order valence-electron chi connectivity index (χ3n) is 3.30. The summed E-state index contributed by atoms with van der Waals surface area (Å²) >= 11 is 0. The maximum absolute atomic E-state index is 12.3. The number of imidazole rings is 1. The standard InChI is InChI=1S/C11H21N5O2S/c1-4-11(5-2,10(12)13)15-19(17,18)9-7-16(6-3)8-14-9/h7-8,15H,4-6H2,1-3H3,(H3,12,13). The summed E-state index contributed by atoms with van der Waals surface area (Å²) < 4.78 is 28.7. The van der Waals surface area contributed by atoms with Crippen LogP contribution >= 0.6 is 0 Å². The van der Waals surface area contributed by atoms with Crippen molar-refractivity contribution in [3.63, 3.8) is 0 Å². The molecule has 0 spiro atoms. The number of nitrogens with two attached hydrogens (primary N) is 1. The number of hydrogen-bond donors (Lipinski definition) is 3. The van der Waals surface area contributed by atoms with Crippen molar-refractivity contribution in [1.82, 2.24) is 14.3 Å². The Morgan fingerprint density at radius 2 is 2.05 bits per heavy atom. The molecular weight excluding hydrogens is 266 g/mol. The Bertz CT molecular complexity index is 545. The Kier molecular flexibility index (Phi) is 4.70. The van der Waals surface area contributed by atoms with E-state index in [4.69, 9.17) is 11.1 Å². The Morgan fingerprint density at radius 3 is 2.42 bits per heavy atom. The van der Waals surface area contributed by atoms with Gasteiger partial charge in [-0.2, -0.15) is 4.72 Å². The van der Waals surface area contributed by atoms with E-state index in [1.807, 2.05) is 6.92 Å². The molecule has 0 aromatic carbocycles. The molecule has 0 aliphatic carbocycles. The summed E-state index contributed by atoms with van der Waals surface area (Å²) in [4.78, 5) is 3.87. The van der Waals surface area contributed by atoms with Crippen LogP contribution in [0.5, 0.6) is 0 Å². The van der Waals surface area contributed by atoms with Gasteiger partial charge in [0.05, 0.1) is 11.9 Å². The molecule has 7 nitrogen and oxygen atoms in total. The number of aryl methyl sites for hydroxylation is 1. The summed E-state index contributed by atoms with van der Waals surface area (Å²) in [6.45, 7) is 6.11. The lowest BCUT2D eigenvalue weighted by Crippen LogP contribution is -2.56. The van der Waals surface area contributed by atoms with Crippen molar-refractivity contribution in [3.8, 4) is 0 Å². The minimum atomic E-state index is -3.78. The van der Waals surface area contributed by atoms with Crippen LogP contribution in [0.2, 0.25) is 0 Å². The zero-order chi connectivity index (χ0) is 14.7. The number of nitrogens with one attached hydrogen (secondary N) is 2. The van der Waals surface area contributed by atoms with Gasteiger partial charge < -0.3 is 10.3 Å². The predicted molar refractivity (Wildman–Crippen MR) is 73.4 cm³/mol. The van der Waals surface area contributed by atoms with Crippen LogP contribution in [0, 0.1) is 5.41 Å². The molecule has 0 fully saturated rings. The van der Waals surface area contributed by atoms with Gasteiger partial charge in [0.1, 0.15) is 5.84 Å². The molecule has 0 saturated carbocycles. The SMILES string of the molecule is CCn1cnc(S(=O)(=O)NC(CC)(CC)C(=N)N)c1. The molecule has 19 heavy (non-hydrogen) atoms. The minimum absolute atomic E-state index is 0.0538. The molecule has 1 aromatic heterocycles. The van der Waals surface area contributed by atoms with Gasteiger partial charge in [0, 0.05) is 12.7 Å². The largest absolute Gasteiger partial charge is 0.386 e. The number of rotatable bonds is 7. The quantitative estimate of drug-likeness (QED) is 0.505.